The topological polar surface area (TPSA) is 196 Å². The minimum atomic E-state index is -1.72. The van der Waals surface area contributed by atoms with Gasteiger partial charge in [0.15, 0.2) is 6.10 Å². The van der Waals surface area contributed by atoms with E-state index in [-0.39, 0.29) is 24.8 Å². The molecule has 0 spiro atoms. The number of carbonyl (C=O) groups excluding carboxylic acids is 6. The molecule has 3 aliphatic rings. The fourth-order valence-corrected chi connectivity index (χ4v) is 7.95. The van der Waals surface area contributed by atoms with E-state index < -0.39 is 83.8 Å². The van der Waals surface area contributed by atoms with Gasteiger partial charge in [0.2, 0.25) is 23.6 Å². The lowest BCUT2D eigenvalue weighted by Gasteiger charge is -2.33. The highest BCUT2D eigenvalue weighted by Gasteiger charge is 2.56. The van der Waals surface area contributed by atoms with Crippen LogP contribution in [0.25, 0.3) is 0 Å². The molecular weight excluding hydrogens is 720 g/mol. The van der Waals surface area contributed by atoms with Gasteiger partial charge in [0.05, 0.1) is 24.3 Å². The van der Waals surface area contributed by atoms with Crippen LogP contribution in [0.3, 0.4) is 0 Å². The molecule has 0 aromatic heterocycles. The molecule has 6 amide bonds. The van der Waals surface area contributed by atoms with Crippen LogP contribution in [0, 0.1) is 5.92 Å². The third-order valence-electron chi connectivity index (χ3n) is 10.6. The van der Waals surface area contributed by atoms with E-state index in [4.69, 9.17) is 9.47 Å². The third kappa shape index (κ3) is 12.6. The Morgan fingerprint density at radius 1 is 0.982 bits per heavy atom. The van der Waals surface area contributed by atoms with Gasteiger partial charge in [0.25, 0.3) is 5.91 Å². The molecule has 3 aliphatic heterocycles. The van der Waals surface area contributed by atoms with Crippen LogP contribution in [0.2, 0.25) is 0 Å². The predicted molar refractivity (Wildman–Crippen MR) is 209 cm³/mol. The van der Waals surface area contributed by atoms with Gasteiger partial charge in [-0.15, -0.1) is 0 Å². The highest BCUT2D eigenvalue weighted by Crippen LogP contribution is 2.43. The number of hydrogen-bond donors (Lipinski definition) is 5. The molecule has 3 saturated heterocycles. The number of aliphatic hydroxyl groups excluding tert-OH is 1. The summed E-state index contributed by atoms with van der Waals surface area (Å²) in [7, 11) is 3.16. The van der Waals surface area contributed by atoms with Crippen LogP contribution in [0.15, 0.2) is 30.3 Å². The van der Waals surface area contributed by atoms with Crippen molar-refractivity contribution in [3.63, 3.8) is 0 Å². The first kappa shape index (κ1) is 44.5. The van der Waals surface area contributed by atoms with Crippen molar-refractivity contribution in [1.29, 1.82) is 0 Å². The number of nitrogens with one attached hydrogen (secondary N) is 4. The van der Waals surface area contributed by atoms with Gasteiger partial charge in [-0.05, 0) is 59.4 Å². The lowest BCUT2D eigenvalue weighted by molar-refractivity contribution is -0.143. The molecule has 7 atom stereocenters. The number of likely N-dealkylation sites (N-methyl/N-ethyl adjacent to an activating group) is 1. The van der Waals surface area contributed by atoms with Crippen LogP contribution in [-0.2, 0) is 33.4 Å². The Hall–Kier alpha value is -4.24. The first-order chi connectivity index (χ1) is 26.4. The number of alkyl carbamates (subject to hydrolysis) is 1. The number of hydrogen-bond acceptors (Lipinski definition) is 9. The van der Waals surface area contributed by atoms with Crippen LogP contribution in [0.4, 0.5) is 4.79 Å². The Balaban J connectivity index is 1.53. The summed E-state index contributed by atoms with van der Waals surface area (Å²) in [6.45, 7) is 8.72. The fraction of sp³-hybridized carbons (Fsp3) is 0.707. The Bertz CT molecular complexity index is 1530. The summed E-state index contributed by atoms with van der Waals surface area (Å²) in [6, 6.07) is 4.79. The van der Waals surface area contributed by atoms with Crippen molar-refractivity contribution >= 4 is 35.6 Å². The summed E-state index contributed by atoms with van der Waals surface area (Å²) < 4.78 is 11.8. The van der Waals surface area contributed by atoms with Crippen molar-refractivity contribution in [1.82, 2.24) is 31.1 Å². The van der Waals surface area contributed by atoms with E-state index in [0.717, 1.165) is 38.5 Å². The molecule has 1 aromatic rings. The number of ether oxygens (including phenoxy) is 2. The van der Waals surface area contributed by atoms with Crippen LogP contribution in [-0.4, -0.2) is 119 Å². The van der Waals surface area contributed by atoms with Crippen LogP contribution >= 0.6 is 0 Å². The highest BCUT2D eigenvalue weighted by molar-refractivity contribution is 5.94. The van der Waals surface area contributed by atoms with Crippen molar-refractivity contribution in [2.75, 3.05) is 27.2 Å². The number of benzene rings is 1. The predicted octanol–water partition coefficient (Wildman–Crippen LogP) is 3.10. The minimum Gasteiger partial charge on any atom is -0.444 e. The van der Waals surface area contributed by atoms with Crippen molar-refractivity contribution in [2.24, 2.45) is 5.92 Å². The zero-order valence-electron chi connectivity index (χ0n) is 34.2. The van der Waals surface area contributed by atoms with Gasteiger partial charge < -0.3 is 45.6 Å². The van der Waals surface area contributed by atoms with Gasteiger partial charge >= 0.3 is 6.09 Å². The number of carbonyl (C=O) groups is 6. The Morgan fingerprint density at radius 2 is 1.59 bits per heavy atom. The molecule has 15 heteroatoms. The summed E-state index contributed by atoms with van der Waals surface area (Å²) in [5.74, 6) is -3.18. The molecule has 56 heavy (non-hydrogen) atoms. The number of rotatable bonds is 8. The summed E-state index contributed by atoms with van der Waals surface area (Å²) in [5.41, 5.74) is -0.749. The van der Waals surface area contributed by atoms with E-state index in [1.165, 1.54) is 9.80 Å². The maximum Gasteiger partial charge on any atom is 0.408 e. The molecule has 3 heterocycles. The SMILES string of the molecule is CN(C)C(=O)[C@@H](NC(=O)CNC(=O)C(O)[C@@H]1CCCCCCCCCC[C@H](NC(=O)OC(C)(C)C)C(=O)N2CC3OC(C)(C)C[C@@H]3[C@H]2C(=O)N1)c1ccccc1. The maximum atomic E-state index is 14.4. The number of nitrogens with zero attached hydrogens (tertiary/aromatic N) is 2. The average Bonchev–Trinajstić information content (AvgIpc) is 3.62. The standard InChI is InChI=1S/C41H64N6O9/c1-40(2,3)56-39(54)44-29-22-18-13-11-9-8-10-12-17-21-28(43-35(50)33-27-23-41(4,5)55-30(27)25-47(33)37(29)52)34(49)36(51)42-24-31(48)45-32(38(53)46(6)7)26-19-15-14-16-20-26/h14-16,19-20,27-30,32-34,49H,8-13,17-18,21-25H2,1-7H3,(H,42,51)(H,43,50)(H,44,54)(H,45,48)/t27-,28-,29-,30?,32-,33-,34?/m0/s1. The third-order valence-corrected chi connectivity index (χ3v) is 10.6. The van der Waals surface area contributed by atoms with Crippen LogP contribution in [0.5, 0.6) is 0 Å². The van der Waals surface area contributed by atoms with Gasteiger partial charge in [-0.25, -0.2) is 4.79 Å². The minimum absolute atomic E-state index is 0.140. The van der Waals surface area contributed by atoms with Gasteiger partial charge in [-0.2, -0.15) is 0 Å². The number of amides is 6. The average molecular weight is 785 g/mol. The van der Waals surface area contributed by atoms with E-state index >= 15 is 0 Å². The Morgan fingerprint density at radius 3 is 2.20 bits per heavy atom. The van der Waals surface area contributed by atoms with E-state index in [2.05, 4.69) is 21.3 Å². The second-order valence-corrected chi connectivity index (χ2v) is 17.2. The molecule has 0 bridgehead atoms. The Labute approximate surface area is 331 Å². The van der Waals surface area contributed by atoms with E-state index in [1.54, 1.807) is 65.2 Å². The second-order valence-electron chi connectivity index (χ2n) is 17.2. The molecule has 0 aliphatic carbocycles. The molecule has 4 rings (SSSR count). The zero-order chi connectivity index (χ0) is 41.2. The lowest BCUT2D eigenvalue weighted by Crippen LogP contribution is -2.59. The van der Waals surface area contributed by atoms with E-state index in [1.807, 2.05) is 13.8 Å². The summed E-state index contributed by atoms with van der Waals surface area (Å²) in [5, 5.41) is 22.3. The van der Waals surface area contributed by atoms with Crippen LogP contribution in [0.1, 0.15) is 117 Å². The Kier molecular flexibility index (Phi) is 15.7. The molecule has 0 radical (unpaired) electrons. The second kappa shape index (κ2) is 19.8. The molecule has 3 fully saturated rings. The zero-order valence-corrected chi connectivity index (χ0v) is 34.2. The lowest BCUT2D eigenvalue weighted by atomic mass is 9.89. The molecule has 2 unspecified atom stereocenters. The first-order valence-electron chi connectivity index (χ1n) is 20.2. The summed E-state index contributed by atoms with van der Waals surface area (Å²) in [4.78, 5) is 84.0. The quantitative estimate of drug-likeness (QED) is 0.263. The van der Waals surface area contributed by atoms with E-state index in [9.17, 15) is 33.9 Å². The van der Waals surface area contributed by atoms with Crippen molar-refractivity contribution in [3.8, 4) is 0 Å². The normalized spacial score (nSPS) is 26.0. The summed E-state index contributed by atoms with van der Waals surface area (Å²) >= 11 is 0. The van der Waals surface area contributed by atoms with E-state index in [0.29, 0.717) is 31.2 Å². The maximum absolute atomic E-state index is 14.4. The smallest absolute Gasteiger partial charge is 0.408 e. The van der Waals surface area contributed by atoms with Gasteiger partial charge in [-0.3, -0.25) is 24.0 Å². The van der Waals surface area contributed by atoms with Gasteiger partial charge in [0.1, 0.15) is 23.7 Å². The monoisotopic (exact) mass is 784 g/mol. The molecule has 1 aromatic carbocycles. The molecular formula is C41H64N6O9. The van der Waals surface area contributed by atoms with Crippen molar-refractivity contribution < 1.29 is 43.3 Å². The largest absolute Gasteiger partial charge is 0.444 e. The molecule has 312 valence electrons. The first-order valence-corrected chi connectivity index (χ1v) is 20.2. The molecule has 0 saturated carbocycles. The van der Waals surface area contributed by atoms with Crippen molar-refractivity contribution in [2.45, 2.75) is 153 Å². The summed E-state index contributed by atoms with van der Waals surface area (Å²) in [6.07, 6.45) is 5.20. The number of fused-ring (bicyclic) bond motifs is 3. The number of aliphatic hydroxyl groups is 1. The van der Waals surface area contributed by atoms with Gasteiger partial charge in [0, 0.05) is 26.6 Å². The molecule has 15 nitrogen and oxygen atoms in total. The fourth-order valence-electron chi connectivity index (χ4n) is 7.95. The van der Waals surface area contributed by atoms with Crippen molar-refractivity contribution in [3.05, 3.63) is 35.9 Å². The molecule has 5 N–H and O–H groups in total. The van der Waals surface area contributed by atoms with Crippen LogP contribution < -0.4 is 21.3 Å². The van der Waals surface area contributed by atoms with Gasteiger partial charge in [-0.1, -0.05) is 81.7 Å². The highest BCUT2D eigenvalue weighted by atomic mass is 16.6.